The molecule has 1 aliphatic heterocycles. The van der Waals surface area contributed by atoms with Gasteiger partial charge in [0.05, 0.1) is 12.8 Å². The lowest BCUT2D eigenvalue weighted by Crippen LogP contribution is -2.30. The molecular weight excluding hydrogens is 440 g/mol. The summed E-state index contributed by atoms with van der Waals surface area (Å²) in [6.07, 6.45) is 5.72. The number of benzene rings is 2. The van der Waals surface area contributed by atoms with Crippen molar-refractivity contribution < 1.29 is 5.11 Å². The van der Waals surface area contributed by atoms with E-state index in [1.54, 1.807) is 0 Å². The Bertz CT molecular complexity index is 981. The molecule has 0 radical (unpaired) electrons. The normalized spacial score (nSPS) is 15.1. The number of unbranched alkanes of at least 4 members (excludes halogenated alkanes) is 1. The minimum Gasteiger partial charge on any atom is -0.393 e. The zero-order chi connectivity index (χ0) is 26.6. The van der Waals surface area contributed by atoms with E-state index in [0.29, 0.717) is 30.1 Å². The smallest absolute Gasteiger partial charge is 0.0992 e. The molecule has 198 valence electrons. The van der Waals surface area contributed by atoms with Gasteiger partial charge in [0.1, 0.15) is 0 Å². The number of para-hydroxylation sites is 2. The van der Waals surface area contributed by atoms with Crippen LogP contribution in [0.1, 0.15) is 134 Å². The van der Waals surface area contributed by atoms with Crippen molar-refractivity contribution in [1.29, 1.82) is 0 Å². The van der Waals surface area contributed by atoms with Crippen molar-refractivity contribution in [1.82, 2.24) is 0 Å². The van der Waals surface area contributed by atoms with Crippen LogP contribution >= 0.6 is 0 Å². The van der Waals surface area contributed by atoms with Crippen molar-refractivity contribution in [2.75, 3.05) is 16.5 Å². The average Bonchev–Trinajstić information content (AvgIpc) is 3.24. The lowest BCUT2D eigenvalue weighted by Gasteiger charge is -2.33. The summed E-state index contributed by atoms with van der Waals surface area (Å²) in [5, 5.41) is 11.0. The minimum absolute atomic E-state index is 0.322. The van der Waals surface area contributed by atoms with Crippen LogP contribution in [0.15, 0.2) is 48.3 Å². The summed E-state index contributed by atoms with van der Waals surface area (Å²) in [5.41, 5.74) is 9.47. The van der Waals surface area contributed by atoms with Gasteiger partial charge in [-0.3, -0.25) is 0 Å². The molecule has 0 aliphatic carbocycles. The van der Waals surface area contributed by atoms with Gasteiger partial charge in [-0.05, 0) is 52.3 Å². The Kier molecular flexibility index (Phi) is 9.69. The molecular formula is C33H50N2O. The van der Waals surface area contributed by atoms with Crippen LogP contribution in [-0.4, -0.2) is 17.9 Å². The molecule has 0 fully saturated rings. The third-order valence-electron chi connectivity index (χ3n) is 7.52. The first kappa shape index (κ1) is 28.3. The minimum atomic E-state index is -0.322. The zero-order valence-electron chi connectivity index (χ0n) is 24.3. The Morgan fingerprint density at radius 3 is 1.58 bits per heavy atom. The zero-order valence-corrected chi connectivity index (χ0v) is 24.3. The van der Waals surface area contributed by atoms with Gasteiger partial charge in [-0.15, -0.1) is 0 Å². The Balaban J connectivity index is 2.18. The quantitative estimate of drug-likeness (QED) is 0.340. The van der Waals surface area contributed by atoms with Gasteiger partial charge in [0.2, 0.25) is 0 Å². The molecule has 1 unspecified atom stereocenters. The van der Waals surface area contributed by atoms with E-state index >= 15 is 0 Å². The number of anilines is 2. The summed E-state index contributed by atoms with van der Waals surface area (Å²) in [6, 6.07) is 13.6. The predicted molar refractivity (Wildman–Crippen MR) is 157 cm³/mol. The van der Waals surface area contributed by atoms with Crippen molar-refractivity contribution in [3.8, 4) is 0 Å². The first-order valence-corrected chi connectivity index (χ1v) is 14.2. The third-order valence-corrected chi connectivity index (χ3v) is 7.52. The second-order valence-electron chi connectivity index (χ2n) is 11.8. The summed E-state index contributed by atoms with van der Waals surface area (Å²) in [6.45, 7) is 21.3. The Labute approximate surface area is 221 Å². The highest BCUT2D eigenvalue weighted by molar-refractivity contribution is 5.72. The number of hydrogen-bond donors (Lipinski definition) is 1. The summed E-state index contributed by atoms with van der Waals surface area (Å²) < 4.78 is 0. The van der Waals surface area contributed by atoms with E-state index in [9.17, 15) is 5.11 Å². The summed E-state index contributed by atoms with van der Waals surface area (Å²) >= 11 is 0. The van der Waals surface area contributed by atoms with Crippen LogP contribution < -0.4 is 9.80 Å². The molecule has 3 rings (SSSR count). The first-order valence-electron chi connectivity index (χ1n) is 14.2. The number of aliphatic hydroxyl groups excluding tert-OH is 1. The summed E-state index contributed by atoms with van der Waals surface area (Å²) in [7, 11) is 0. The van der Waals surface area contributed by atoms with Gasteiger partial charge in [0.25, 0.3) is 0 Å². The van der Waals surface area contributed by atoms with Crippen LogP contribution in [-0.2, 0) is 0 Å². The number of hydrogen-bond acceptors (Lipinski definition) is 3. The highest BCUT2D eigenvalue weighted by Gasteiger charge is 2.31. The van der Waals surface area contributed by atoms with Crippen LogP contribution in [0, 0.1) is 0 Å². The van der Waals surface area contributed by atoms with Gasteiger partial charge in [0, 0.05) is 29.7 Å². The van der Waals surface area contributed by atoms with E-state index < -0.39 is 0 Å². The molecule has 0 spiro atoms. The molecule has 0 bridgehead atoms. The monoisotopic (exact) mass is 490 g/mol. The highest BCUT2D eigenvalue weighted by Crippen LogP contribution is 2.43. The van der Waals surface area contributed by atoms with E-state index in [4.69, 9.17) is 0 Å². The molecule has 0 amide bonds. The average molecular weight is 491 g/mol. The molecule has 0 saturated carbocycles. The lowest BCUT2D eigenvalue weighted by molar-refractivity contribution is 0.161. The maximum absolute atomic E-state index is 11.0. The fourth-order valence-electron chi connectivity index (χ4n) is 5.50. The Morgan fingerprint density at radius 1 is 0.722 bits per heavy atom. The predicted octanol–water partition coefficient (Wildman–Crippen LogP) is 9.25. The van der Waals surface area contributed by atoms with Crippen molar-refractivity contribution in [3.63, 3.8) is 0 Å². The van der Waals surface area contributed by atoms with E-state index in [1.807, 2.05) is 0 Å². The molecule has 2 aromatic carbocycles. The topological polar surface area (TPSA) is 26.7 Å². The van der Waals surface area contributed by atoms with Crippen molar-refractivity contribution in [2.45, 2.75) is 118 Å². The second kappa shape index (κ2) is 12.3. The van der Waals surface area contributed by atoms with E-state index in [-0.39, 0.29) is 6.10 Å². The van der Waals surface area contributed by atoms with Gasteiger partial charge in [0.15, 0.2) is 0 Å². The molecule has 3 nitrogen and oxygen atoms in total. The Hall–Kier alpha value is -2.26. The molecule has 36 heavy (non-hydrogen) atoms. The SMILES string of the molecule is CCCCC(O)CC1=CN(c2c(C(C)C)cccc2C(C)C)CN1c1c(C(C)C)cccc1C(C)C. The maximum atomic E-state index is 11.0. The number of nitrogens with zero attached hydrogens (tertiary/aromatic N) is 2. The molecule has 1 aliphatic rings. The van der Waals surface area contributed by atoms with Crippen molar-refractivity contribution >= 4 is 11.4 Å². The second-order valence-corrected chi connectivity index (χ2v) is 11.8. The fraction of sp³-hybridized carbons (Fsp3) is 0.576. The standard InChI is InChI=1S/C33H50N2O/c1-10-11-14-27(36)19-26-20-34(32-28(22(2)3)15-12-16-29(32)23(4)5)21-35(26)33-30(24(6)7)17-13-18-31(33)25(8)9/h12-13,15-18,20,22-25,27,36H,10-11,14,19,21H2,1-9H3. The molecule has 3 heteroatoms. The number of rotatable bonds is 11. The molecule has 1 heterocycles. The molecule has 1 N–H and O–H groups in total. The summed E-state index contributed by atoms with van der Waals surface area (Å²) in [4.78, 5) is 4.98. The largest absolute Gasteiger partial charge is 0.393 e. The van der Waals surface area contributed by atoms with Crippen LogP contribution in [0.2, 0.25) is 0 Å². The molecule has 1 atom stereocenters. The van der Waals surface area contributed by atoms with E-state index in [2.05, 4.69) is 115 Å². The van der Waals surface area contributed by atoms with E-state index in [1.165, 1.54) is 39.3 Å². The van der Waals surface area contributed by atoms with Crippen LogP contribution in [0.3, 0.4) is 0 Å². The van der Waals surface area contributed by atoms with Crippen LogP contribution in [0.5, 0.6) is 0 Å². The van der Waals surface area contributed by atoms with Crippen LogP contribution in [0.4, 0.5) is 11.4 Å². The van der Waals surface area contributed by atoms with Gasteiger partial charge < -0.3 is 14.9 Å². The van der Waals surface area contributed by atoms with Crippen LogP contribution in [0.25, 0.3) is 0 Å². The summed E-state index contributed by atoms with van der Waals surface area (Å²) in [5.74, 6) is 1.73. The van der Waals surface area contributed by atoms with Crippen molar-refractivity contribution in [2.24, 2.45) is 0 Å². The van der Waals surface area contributed by atoms with Gasteiger partial charge in [-0.2, -0.15) is 0 Å². The van der Waals surface area contributed by atoms with Crippen molar-refractivity contribution in [3.05, 3.63) is 70.5 Å². The van der Waals surface area contributed by atoms with Gasteiger partial charge in [-0.25, -0.2) is 0 Å². The first-order chi connectivity index (χ1) is 17.1. The molecule has 0 aromatic heterocycles. The Morgan fingerprint density at radius 2 is 1.17 bits per heavy atom. The highest BCUT2D eigenvalue weighted by atomic mass is 16.3. The van der Waals surface area contributed by atoms with Gasteiger partial charge >= 0.3 is 0 Å². The number of aliphatic hydroxyl groups is 1. The third kappa shape index (κ3) is 6.17. The van der Waals surface area contributed by atoms with Gasteiger partial charge in [-0.1, -0.05) is 112 Å². The molecule has 0 saturated heterocycles. The maximum Gasteiger partial charge on any atom is 0.0992 e. The molecule has 2 aromatic rings. The lowest BCUT2D eigenvalue weighted by atomic mass is 9.91. The van der Waals surface area contributed by atoms with E-state index in [0.717, 1.165) is 25.9 Å². The fourth-order valence-corrected chi connectivity index (χ4v) is 5.50.